The van der Waals surface area contributed by atoms with Gasteiger partial charge in [0.25, 0.3) is 0 Å². The number of ether oxygens (including phenoxy) is 1. The zero-order valence-electron chi connectivity index (χ0n) is 18.8. The van der Waals surface area contributed by atoms with E-state index in [0.717, 1.165) is 38.9 Å². The molecule has 4 aromatic carbocycles. The van der Waals surface area contributed by atoms with Crippen LogP contribution >= 0.6 is 0 Å². The number of amides is 1. The number of hydrogen-bond donors (Lipinski definition) is 1. The molecule has 0 fully saturated rings. The fourth-order valence-corrected chi connectivity index (χ4v) is 4.42. The first kappa shape index (κ1) is 20.8. The fourth-order valence-electron chi connectivity index (χ4n) is 4.42. The second-order valence-corrected chi connectivity index (χ2v) is 8.60. The van der Waals surface area contributed by atoms with Crippen LogP contribution in [0.3, 0.4) is 0 Å². The molecule has 0 aliphatic carbocycles. The van der Waals surface area contributed by atoms with Crippen molar-refractivity contribution in [2.24, 2.45) is 5.73 Å². The lowest BCUT2D eigenvalue weighted by Gasteiger charge is -2.14. The minimum atomic E-state index is -0.416. The molecule has 0 unspecified atom stereocenters. The zero-order chi connectivity index (χ0) is 22.9. The first-order valence-corrected chi connectivity index (χ1v) is 11.2. The molecule has 0 aliphatic heterocycles. The van der Waals surface area contributed by atoms with Crippen LogP contribution in [-0.2, 0) is 6.54 Å². The minimum absolute atomic E-state index is 0.394. The first-order chi connectivity index (χ1) is 16.0. The Labute approximate surface area is 193 Å². The summed E-state index contributed by atoms with van der Waals surface area (Å²) < 4.78 is 8.48. The van der Waals surface area contributed by atoms with Crippen LogP contribution < -0.4 is 10.5 Å². The Hall–Kier alpha value is -4.05. The predicted octanol–water partition coefficient (Wildman–Crippen LogP) is 6.86. The summed E-state index contributed by atoms with van der Waals surface area (Å²) in [6.45, 7) is 4.98. The Morgan fingerprint density at radius 2 is 1.64 bits per heavy atom. The average Bonchev–Trinajstić information content (AvgIpc) is 3.14. The van der Waals surface area contributed by atoms with Crippen LogP contribution in [0.4, 0.5) is 0 Å². The third kappa shape index (κ3) is 3.85. The summed E-state index contributed by atoms with van der Waals surface area (Å²) in [6.07, 6.45) is 0. The van der Waals surface area contributed by atoms with Crippen LogP contribution in [0.15, 0.2) is 91.0 Å². The van der Waals surface area contributed by atoms with Crippen molar-refractivity contribution in [3.05, 3.63) is 108 Å². The Balaban J connectivity index is 1.71. The quantitative estimate of drug-likeness (QED) is 0.317. The molecule has 4 heteroatoms. The molecule has 5 aromatic rings. The van der Waals surface area contributed by atoms with Gasteiger partial charge in [0, 0.05) is 27.4 Å². The van der Waals surface area contributed by atoms with E-state index >= 15 is 0 Å². The van der Waals surface area contributed by atoms with E-state index in [2.05, 4.69) is 48.7 Å². The van der Waals surface area contributed by atoms with Gasteiger partial charge in [-0.15, -0.1) is 0 Å². The number of nitrogens with two attached hydrogens (primary N) is 1. The van der Waals surface area contributed by atoms with Crippen molar-refractivity contribution in [3.63, 3.8) is 0 Å². The van der Waals surface area contributed by atoms with Gasteiger partial charge in [-0.25, -0.2) is 0 Å². The molecule has 0 saturated carbocycles. The van der Waals surface area contributed by atoms with Crippen LogP contribution in [0.2, 0.25) is 0 Å². The molecule has 1 amide bonds. The number of carbonyl (C=O) groups excluding carboxylic acids is 1. The van der Waals surface area contributed by atoms with Crippen molar-refractivity contribution < 1.29 is 9.53 Å². The van der Waals surface area contributed by atoms with Gasteiger partial charge in [0.1, 0.15) is 11.5 Å². The van der Waals surface area contributed by atoms with Crippen molar-refractivity contribution >= 4 is 27.7 Å². The summed E-state index contributed by atoms with van der Waals surface area (Å²) in [4.78, 5) is 12.3. The summed E-state index contributed by atoms with van der Waals surface area (Å²) in [5.41, 5.74) is 10.7. The first-order valence-electron chi connectivity index (χ1n) is 11.2. The summed E-state index contributed by atoms with van der Waals surface area (Å²) in [6, 6.07) is 30.1. The fraction of sp³-hybridized carbons (Fsp3) is 0.138. The van der Waals surface area contributed by atoms with Gasteiger partial charge < -0.3 is 15.0 Å². The molecular weight excluding hydrogens is 408 g/mol. The van der Waals surface area contributed by atoms with E-state index in [-0.39, 0.29) is 0 Å². The number of hydrogen-bond acceptors (Lipinski definition) is 2. The molecule has 0 atom stereocenters. The second kappa shape index (κ2) is 8.47. The highest BCUT2D eigenvalue weighted by atomic mass is 16.5. The van der Waals surface area contributed by atoms with Crippen molar-refractivity contribution in [1.82, 2.24) is 4.57 Å². The summed E-state index contributed by atoms with van der Waals surface area (Å²) >= 11 is 0. The monoisotopic (exact) mass is 434 g/mol. The molecule has 33 heavy (non-hydrogen) atoms. The SMILES string of the molecule is CC(C)c1ccc2c3c(C(N)=O)cccc3n(Cc3ccccc3Oc3ccccc3)c2c1. The Morgan fingerprint density at radius 1 is 0.879 bits per heavy atom. The molecule has 0 bridgehead atoms. The van der Waals surface area contributed by atoms with Gasteiger partial charge in [-0.3, -0.25) is 4.79 Å². The number of nitrogens with zero attached hydrogens (tertiary/aromatic N) is 1. The van der Waals surface area contributed by atoms with E-state index in [1.165, 1.54) is 5.56 Å². The number of aromatic nitrogens is 1. The molecule has 0 spiro atoms. The predicted molar refractivity (Wildman–Crippen MR) is 134 cm³/mol. The molecule has 1 aromatic heterocycles. The average molecular weight is 435 g/mol. The van der Waals surface area contributed by atoms with E-state index in [1.807, 2.05) is 54.6 Å². The topological polar surface area (TPSA) is 57.2 Å². The summed E-state index contributed by atoms with van der Waals surface area (Å²) in [7, 11) is 0. The van der Waals surface area contributed by atoms with E-state index < -0.39 is 5.91 Å². The maximum atomic E-state index is 12.3. The van der Waals surface area contributed by atoms with E-state index in [0.29, 0.717) is 18.0 Å². The van der Waals surface area contributed by atoms with Crippen LogP contribution in [0, 0.1) is 0 Å². The number of benzene rings is 4. The van der Waals surface area contributed by atoms with Crippen LogP contribution in [0.1, 0.15) is 41.3 Å². The number of carbonyl (C=O) groups is 1. The van der Waals surface area contributed by atoms with Gasteiger partial charge >= 0.3 is 0 Å². The lowest BCUT2D eigenvalue weighted by atomic mass is 10.00. The van der Waals surface area contributed by atoms with Crippen LogP contribution in [0.25, 0.3) is 21.8 Å². The molecule has 0 aliphatic rings. The van der Waals surface area contributed by atoms with Gasteiger partial charge in [-0.2, -0.15) is 0 Å². The van der Waals surface area contributed by atoms with Crippen molar-refractivity contribution in [2.75, 3.05) is 0 Å². The van der Waals surface area contributed by atoms with E-state index in [4.69, 9.17) is 10.5 Å². The molecule has 1 heterocycles. The lowest BCUT2D eigenvalue weighted by Crippen LogP contribution is -2.11. The Bertz CT molecular complexity index is 1470. The molecule has 4 nitrogen and oxygen atoms in total. The second-order valence-electron chi connectivity index (χ2n) is 8.60. The lowest BCUT2D eigenvalue weighted by molar-refractivity contribution is 0.100. The zero-order valence-corrected chi connectivity index (χ0v) is 18.8. The van der Waals surface area contributed by atoms with Crippen molar-refractivity contribution in [1.29, 1.82) is 0 Å². The van der Waals surface area contributed by atoms with Gasteiger partial charge in [-0.1, -0.05) is 68.4 Å². The van der Waals surface area contributed by atoms with Crippen LogP contribution in [0.5, 0.6) is 11.5 Å². The number of fused-ring (bicyclic) bond motifs is 3. The normalized spacial score (nSPS) is 11.4. The van der Waals surface area contributed by atoms with E-state index in [9.17, 15) is 4.79 Å². The highest BCUT2D eigenvalue weighted by Crippen LogP contribution is 2.35. The smallest absolute Gasteiger partial charge is 0.249 e. The third-order valence-electron chi connectivity index (χ3n) is 6.12. The molecule has 5 rings (SSSR count). The van der Waals surface area contributed by atoms with Gasteiger partial charge in [0.05, 0.1) is 12.1 Å². The number of para-hydroxylation sites is 2. The maximum Gasteiger partial charge on any atom is 0.249 e. The highest BCUT2D eigenvalue weighted by molar-refractivity contribution is 6.18. The minimum Gasteiger partial charge on any atom is -0.457 e. The largest absolute Gasteiger partial charge is 0.457 e. The molecule has 0 radical (unpaired) electrons. The standard InChI is InChI=1S/C29H26N2O2/c1-19(2)20-15-16-23-26(17-20)31(25-13-8-12-24(28(23)25)29(30)32)18-21-9-6-7-14-27(21)33-22-10-4-3-5-11-22/h3-17,19H,18H2,1-2H3,(H2,30,32). The maximum absolute atomic E-state index is 12.3. The summed E-state index contributed by atoms with van der Waals surface area (Å²) in [5, 5.41) is 1.93. The van der Waals surface area contributed by atoms with Crippen molar-refractivity contribution in [3.8, 4) is 11.5 Å². The van der Waals surface area contributed by atoms with Gasteiger partial charge in [0.15, 0.2) is 0 Å². The van der Waals surface area contributed by atoms with Gasteiger partial charge in [-0.05, 0) is 47.9 Å². The Morgan fingerprint density at radius 3 is 2.39 bits per heavy atom. The van der Waals surface area contributed by atoms with Gasteiger partial charge in [0.2, 0.25) is 5.91 Å². The number of primary amides is 1. The Kier molecular flexibility index (Phi) is 5.35. The third-order valence-corrected chi connectivity index (χ3v) is 6.12. The molecular formula is C29H26N2O2. The summed E-state index contributed by atoms with van der Waals surface area (Å²) in [5.74, 6) is 1.58. The number of rotatable bonds is 6. The molecule has 2 N–H and O–H groups in total. The highest BCUT2D eigenvalue weighted by Gasteiger charge is 2.18. The molecule has 0 saturated heterocycles. The van der Waals surface area contributed by atoms with Crippen LogP contribution in [-0.4, -0.2) is 10.5 Å². The van der Waals surface area contributed by atoms with E-state index in [1.54, 1.807) is 6.07 Å². The molecule has 164 valence electrons. The van der Waals surface area contributed by atoms with Crippen molar-refractivity contribution in [2.45, 2.75) is 26.3 Å².